The summed E-state index contributed by atoms with van der Waals surface area (Å²) in [7, 11) is 0. The first-order chi connectivity index (χ1) is 35.0. The van der Waals surface area contributed by atoms with Crippen molar-refractivity contribution in [2.75, 3.05) is 13.2 Å². The van der Waals surface area contributed by atoms with Crippen molar-refractivity contribution in [1.29, 1.82) is 0 Å². The number of ether oxygens (including phenoxy) is 3. The van der Waals surface area contributed by atoms with E-state index in [0.29, 0.717) is 19.3 Å². The molecular formula is C65H120O6. The van der Waals surface area contributed by atoms with Gasteiger partial charge < -0.3 is 14.2 Å². The highest BCUT2D eigenvalue weighted by Crippen LogP contribution is 2.18. The number of esters is 3. The Labute approximate surface area is 442 Å². The second-order valence-electron chi connectivity index (χ2n) is 21.3. The molecule has 0 rings (SSSR count). The molecule has 1 atom stereocenters. The molecule has 0 radical (unpaired) electrons. The van der Waals surface area contributed by atoms with Gasteiger partial charge in [-0.25, -0.2) is 0 Å². The lowest BCUT2D eigenvalue weighted by molar-refractivity contribution is -0.167. The quantitative estimate of drug-likeness (QED) is 0.0261. The summed E-state index contributed by atoms with van der Waals surface area (Å²) in [4.78, 5) is 38.2. The molecule has 0 saturated carbocycles. The van der Waals surface area contributed by atoms with Gasteiger partial charge in [0.15, 0.2) is 6.10 Å². The summed E-state index contributed by atoms with van der Waals surface area (Å²) in [5.74, 6) is -0.881. The van der Waals surface area contributed by atoms with Crippen LogP contribution in [0, 0.1) is 0 Å². The fourth-order valence-corrected chi connectivity index (χ4v) is 9.34. The van der Waals surface area contributed by atoms with Crippen molar-refractivity contribution < 1.29 is 28.6 Å². The molecular weight excluding hydrogens is 877 g/mol. The van der Waals surface area contributed by atoms with E-state index in [2.05, 4.69) is 57.2 Å². The molecule has 0 amide bonds. The summed E-state index contributed by atoms with van der Waals surface area (Å²) < 4.78 is 16.9. The molecule has 416 valence electrons. The van der Waals surface area contributed by atoms with Crippen LogP contribution in [0.3, 0.4) is 0 Å². The maximum Gasteiger partial charge on any atom is 0.306 e. The lowest BCUT2D eigenvalue weighted by atomic mass is 10.0. The summed E-state index contributed by atoms with van der Waals surface area (Å²) >= 11 is 0. The molecule has 0 aromatic carbocycles. The molecule has 0 heterocycles. The van der Waals surface area contributed by atoms with E-state index in [1.54, 1.807) is 0 Å². The number of hydrogen-bond donors (Lipinski definition) is 0. The van der Waals surface area contributed by atoms with E-state index in [0.717, 1.165) is 89.9 Å². The Hall–Kier alpha value is -2.37. The summed E-state index contributed by atoms with van der Waals surface area (Å²) in [5, 5.41) is 0. The van der Waals surface area contributed by atoms with Crippen molar-refractivity contribution in [3.63, 3.8) is 0 Å². The van der Waals surface area contributed by atoms with Gasteiger partial charge in [0.1, 0.15) is 13.2 Å². The third-order valence-corrected chi connectivity index (χ3v) is 14.1. The van der Waals surface area contributed by atoms with E-state index in [4.69, 9.17) is 14.2 Å². The van der Waals surface area contributed by atoms with Gasteiger partial charge in [-0.15, -0.1) is 0 Å². The highest BCUT2D eigenvalue weighted by atomic mass is 16.6. The number of allylic oxidation sites excluding steroid dienone is 6. The summed E-state index contributed by atoms with van der Waals surface area (Å²) in [6.07, 6.45) is 73.0. The maximum atomic E-state index is 12.8. The van der Waals surface area contributed by atoms with Gasteiger partial charge in [-0.3, -0.25) is 14.4 Å². The van der Waals surface area contributed by atoms with Gasteiger partial charge in [0.25, 0.3) is 0 Å². The van der Waals surface area contributed by atoms with Crippen molar-refractivity contribution in [1.82, 2.24) is 0 Å². The minimum Gasteiger partial charge on any atom is -0.462 e. The monoisotopic (exact) mass is 997 g/mol. The van der Waals surface area contributed by atoms with Crippen molar-refractivity contribution >= 4 is 17.9 Å². The molecule has 0 N–H and O–H groups in total. The van der Waals surface area contributed by atoms with Crippen LogP contribution >= 0.6 is 0 Å². The van der Waals surface area contributed by atoms with Gasteiger partial charge in [0.05, 0.1) is 0 Å². The number of hydrogen-bond acceptors (Lipinski definition) is 6. The maximum absolute atomic E-state index is 12.8. The van der Waals surface area contributed by atoms with E-state index >= 15 is 0 Å². The minimum absolute atomic E-state index is 0.0768. The topological polar surface area (TPSA) is 78.9 Å². The van der Waals surface area contributed by atoms with Crippen LogP contribution in [-0.2, 0) is 28.6 Å². The van der Waals surface area contributed by atoms with E-state index in [9.17, 15) is 14.4 Å². The molecule has 6 nitrogen and oxygen atoms in total. The predicted molar refractivity (Wildman–Crippen MR) is 307 cm³/mol. The highest BCUT2D eigenvalue weighted by Gasteiger charge is 2.19. The second-order valence-corrected chi connectivity index (χ2v) is 21.3. The third-order valence-electron chi connectivity index (χ3n) is 14.1. The normalized spacial score (nSPS) is 12.2. The Balaban J connectivity index is 4.19. The van der Waals surface area contributed by atoms with Crippen molar-refractivity contribution in [3.8, 4) is 0 Å². The highest BCUT2D eigenvalue weighted by molar-refractivity contribution is 5.71. The second kappa shape index (κ2) is 60.2. The van der Waals surface area contributed by atoms with E-state index in [1.807, 2.05) is 0 Å². The molecule has 1 unspecified atom stereocenters. The molecule has 0 bridgehead atoms. The lowest BCUT2D eigenvalue weighted by Gasteiger charge is -2.18. The van der Waals surface area contributed by atoms with Crippen LogP contribution in [0.4, 0.5) is 0 Å². The lowest BCUT2D eigenvalue weighted by Crippen LogP contribution is -2.30. The molecule has 0 aliphatic carbocycles. The van der Waals surface area contributed by atoms with Crippen LogP contribution in [-0.4, -0.2) is 37.2 Å². The Bertz CT molecular complexity index is 1190. The average Bonchev–Trinajstić information content (AvgIpc) is 3.37. The zero-order valence-corrected chi connectivity index (χ0v) is 47.8. The fraction of sp³-hybridized carbons (Fsp3) is 0.862. The standard InChI is InChI=1S/C65H120O6/c1-4-7-10-13-16-19-22-25-27-28-29-30-31-32-33-34-35-36-37-38-41-43-46-49-52-55-58-64(67)70-61-62(60-69-63(66)57-54-51-48-45-42-39-24-21-18-15-12-9-6-3)71-65(68)59-56-53-50-47-44-40-26-23-20-17-14-11-8-5-2/h14,17,21,23-24,26,62H,4-13,15-16,18-20,22,25,27-61H2,1-3H3/b17-14-,24-21-,26-23-. The molecule has 0 fully saturated rings. The van der Waals surface area contributed by atoms with Crippen LogP contribution in [0.15, 0.2) is 36.5 Å². The van der Waals surface area contributed by atoms with Crippen molar-refractivity contribution in [2.24, 2.45) is 0 Å². The third kappa shape index (κ3) is 58.4. The summed E-state index contributed by atoms with van der Waals surface area (Å²) in [6.45, 7) is 6.62. The summed E-state index contributed by atoms with van der Waals surface area (Å²) in [6, 6.07) is 0. The van der Waals surface area contributed by atoms with Gasteiger partial charge in [0.2, 0.25) is 0 Å². The molecule has 6 heteroatoms. The SMILES string of the molecule is CCCC/C=C\C/C=C\CCCCCCCC(=O)OC(COC(=O)CCCCCCC/C=C\CCCCCC)COC(=O)CCCCCCCCCCCCCCCCCCCCCCCCCCCC. The van der Waals surface area contributed by atoms with Crippen molar-refractivity contribution in [2.45, 2.75) is 348 Å². The number of carbonyl (C=O) groups is 3. The summed E-state index contributed by atoms with van der Waals surface area (Å²) in [5.41, 5.74) is 0. The van der Waals surface area contributed by atoms with Gasteiger partial charge in [-0.2, -0.15) is 0 Å². The molecule has 0 aliphatic heterocycles. The average molecular weight is 998 g/mol. The van der Waals surface area contributed by atoms with Gasteiger partial charge in [-0.1, -0.05) is 288 Å². The van der Waals surface area contributed by atoms with Crippen LogP contribution in [0.25, 0.3) is 0 Å². The Kier molecular flexibility index (Phi) is 58.2. The zero-order valence-electron chi connectivity index (χ0n) is 47.8. The first-order valence-electron chi connectivity index (χ1n) is 31.5. The van der Waals surface area contributed by atoms with E-state index in [-0.39, 0.29) is 31.1 Å². The number of carbonyl (C=O) groups excluding carboxylic acids is 3. The number of rotatable bonds is 58. The first-order valence-corrected chi connectivity index (χ1v) is 31.5. The van der Waals surface area contributed by atoms with Crippen LogP contribution in [0.5, 0.6) is 0 Å². The number of unbranched alkanes of at least 4 members (excludes halogenated alkanes) is 41. The predicted octanol–water partition coefficient (Wildman–Crippen LogP) is 21.2. The smallest absolute Gasteiger partial charge is 0.306 e. The molecule has 0 aromatic heterocycles. The fourth-order valence-electron chi connectivity index (χ4n) is 9.34. The molecule has 0 aromatic rings. The van der Waals surface area contributed by atoms with Crippen LogP contribution < -0.4 is 0 Å². The van der Waals surface area contributed by atoms with E-state index in [1.165, 1.54) is 212 Å². The molecule has 0 spiro atoms. The first kappa shape index (κ1) is 68.6. The molecule has 71 heavy (non-hydrogen) atoms. The largest absolute Gasteiger partial charge is 0.462 e. The Morgan fingerprint density at radius 1 is 0.282 bits per heavy atom. The van der Waals surface area contributed by atoms with Crippen LogP contribution in [0.1, 0.15) is 342 Å². The van der Waals surface area contributed by atoms with Gasteiger partial charge >= 0.3 is 17.9 Å². The van der Waals surface area contributed by atoms with Gasteiger partial charge in [0, 0.05) is 19.3 Å². The Morgan fingerprint density at radius 2 is 0.521 bits per heavy atom. The van der Waals surface area contributed by atoms with Gasteiger partial charge in [-0.05, 0) is 70.6 Å². The van der Waals surface area contributed by atoms with Crippen molar-refractivity contribution in [3.05, 3.63) is 36.5 Å². The molecule has 0 saturated heterocycles. The minimum atomic E-state index is -0.780. The Morgan fingerprint density at radius 3 is 0.845 bits per heavy atom. The molecule has 0 aliphatic rings. The zero-order chi connectivity index (χ0) is 51.4. The van der Waals surface area contributed by atoms with Crippen LogP contribution in [0.2, 0.25) is 0 Å². The van der Waals surface area contributed by atoms with E-state index < -0.39 is 6.10 Å².